The summed E-state index contributed by atoms with van der Waals surface area (Å²) in [5, 5.41) is 1.31. The van der Waals surface area contributed by atoms with Gasteiger partial charge < -0.3 is 4.79 Å². The van der Waals surface area contributed by atoms with E-state index in [1.54, 1.807) is 0 Å². The van der Waals surface area contributed by atoms with E-state index in [4.69, 9.17) is 11.6 Å². The molecule has 0 radical (unpaired) electrons. The van der Waals surface area contributed by atoms with E-state index in [1.807, 2.05) is 25.1 Å². The first kappa shape index (κ1) is 10.7. The van der Waals surface area contributed by atoms with Gasteiger partial charge >= 0.3 is 0 Å². The number of rotatable bonds is 3. The Bertz CT molecular complexity index is 312. The fourth-order valence-corrected chi connectivity index (χ4v) is 1.89. The number of aryl methyl sites for hydroxylation is 1. The van der Waals surface area contributed by atoms with Gasteiger partial charge in [-0.05, 0) is 30.2 Å². The summed E-state index contributed by atoms with van der Waals surface area (Å²) in [5.74, 6) is -0.0984. The van der Waals surface area contributed by atoms with Crippen molar-refractivity contribution in [1.29, 1.82) is 0 Å². The van der Waals surface area contributed by atoms with Crippen molar-refractivity contribution in [2.75, 3.05) is 5.33 Å². The molecule has 0 aromatic heterocycles. The van der Waals surface area contributed by atoms with Crippen LogP contribution in [-0.2, 0) is 4.79 Å². The van der Waals surface area contributed by atoms with Crippen molar-refractivity contribution in [2.24, 2.45) is 0 Å². The summed E-state index contributed by atoms with van der Waals surface area (Å²) in [7, 11) is 0. The highest BCUT2D eigenvalue weighted by molar-refractivity contribution is 9.09. The largest absolute Gasteiger partial charge is 0.303 e. The predicted octanol–water partition coefficient (Wildman–Crippen LogP) is 3.33. The number of hydrogen-bond donors (Lipinski definition) is 0. The number of hydrogen-bond acceptors (Lipinski definition) is 1. The molecule has 0 saturated heterocycles. The average Bonchev–Trinajstić information content (AvgIpc) is 2.13. The van der Waals surface area contributed by atoms with Crippen LogP contribution in [-0.4, -0.2) is 11.6 Å². The van der Waals surface area contributed by atoms with Crippen LogP contribution < -0.4 is 0 Å². The Morgan fingerprint density at radius 2 is 2.31 bits per heavy atom. The summed E-state index contributed by atoms with van der Waals surface area (Å²) in [4.78, 5) is 10.7. The van der Waals surface area contributed by atoms with E-state index >= 15 is 0 Å². The van der Waals surface area contributed by atoms with Gasteiger partial charge in [0.1, 0.15) is 6.29 Å². The SMILES string of the molecule is Cc1ccc(Cl)cc1C(C=O)CBr. The van der Waals surface area contributed by atoms with Gasteiger partial charge in [-0.15, -0.1) is 0 Å². The van der Waals surface area contributed by atoms with Crippen molar-refractivity contribution in [2.45, 2.75) is 12.8 Å². The van der Waals surface area contributed by atoms with E-state index in [0.717, 1.165) is 17.4 Å². The van der Waals surface area contributed by atoms with Gasteiger partial charge in [0, 0.05) is 16.3 Å². The lowest BCUT2D eigenvalue weighted by atomic mass is 9.98. The molecule has 1 rings (SSSR count). The minimum absolute atomic E-state index is 0.0984. The van der Waals surface area contributed by atoms with Crippen LogP contribution in [0.3, 0.4) is 0 Å². The molecular weight excluding hydrogens is 251 g/mol. The van der Waals surface area contributed by atoms with E-state index < -0.39 is 0 Å². The molecule has 1 aromatic carbocycles. The number of benzene rings is 1. The van der Waals surface area contributed by atoms with E-state index in [-0.39, 0.29) is 5.92 Å². The van der Waals surface area contributed by atoms with Crippen molar-refractivity contribution in [3.05, 3.63) is 34.3 Å². The molecule has 70 valence electrons. The molecule has 13 heavy (non-hydrogen) atoms. The number of carbonyl (C=O) groups excluding carboxylic acids is 1. The molecule has 0 saturated carbocycles. The minimum Gasteiger partial charge on any atom is -0.303 e. The van der Waals surface area contributed by atoms with E-state index in [0.29, 0.717) is 10.4 Å². The normalized spacial score (nSPS) is 12.5. The Morgan fingerprint density at radius 1 is 1.62 bits per heavy atom. The van der Waals surface area contributed by atoms with Crippen LogP contribution in [0.1, 0.15) is 17.0 Å². The first-order valence-corrected chi connectivity index (χ1v) is 5.46. The number of carbonyl (C=O) groups is 1. The first-order chi connectivity index (χ1) is 6.19. The highest BCUT2D eigenvalue weighted by Gasteiger charge is 2.11. The third-order valence-corrected chi connectivity index (χ3v) is 2.90. The topological polar surface area (TPSA) is 17.1 Å². The average molecular weight is 262 g/mol. The van der Waals surface area contributed by atoms with Gasteiger partial charge in [0.25, 0.3) is 0 Å². The number of alkyl halides is 1. The molecule has 0 aliphatic heterocycles. The summed E-state index contributed by atoms with van der Waals surface area (Å²) < 4.78 is 0. The Morgan fingerprint density at radius 3 is 2.85 bits per heavy atom. The minimum atomic E-state index is -0.0984. The van der Waals surface area contributed by atoms with Gasteiger partial charge in [-0.1, -0.05) is 33.6 Å². The maximum Gasteiger partial charge on any atom is 0.128 e. The van der Waals surface area contributed by atoms with Crippen LogP contribution in [0.15, 0.2) is 18.2 Å². The molecule has 0 bridgehead atoms. The molecule has 0 N–H and O–H groups in total. The zero-order valence-electron chi connectivity index (χ0n) is 7.26. The second kappa shape index (κ2) is 4.77. The summed E-state index contributed by atoms with van der Waals surface area (Å²) in [6, 6.07) is 5.60. The Kier molecular flexibility index (Phi) is 3.94. The van der Waals surface area contributed by atoms with Crippen molar-refractivity contribution < 1.29 is 4.79 Å². The van der Waals surface area contributed by atoms with Gasteiger partial charge in [-0.3, -0.25) is 0 Å². The lowest BCUT2D eigenvalue weighted by molar-refractivity contribution is -0.108. The second-order valence-corrected chi connectivity index (χ2v) is 3.98. The van der Waals surface area contributed by atoms with Crippen LogP contribution in [0.2, 0.25) is 5.02 Å². The first-order valence-electron chi connectivity index (χ1n) is 3.96. The molecule has 0 amide bonds. The van der Waals surface area contributed by atoms with Crippen LogP contribution in [0.4, 0.5) is 0 Å². The molecule has 0 aliphatic rings. The van der Waals surface area contributed by atoms with Gasteiger partial charge in [-0.2, -0.15) is 0 Å². The third kappa shape index (κ3) is 2.55. The molecule has 0 heterocycles. The Labute approximate surface area is 91.2 Å². The maximum absolute atomic E-state index is 10.7. The fraction of sp³-hybridized carbons (Fsp3) is 0.300. The van der Waals surface area contributed by atoms with Gasteiger partial charge in [-0.25, -0.2) is 0 Å². The van der Waals surface area contributed by atoms with Gasteiger partial charge in [0.05, 0.1) is 0 Å². The van der Waals surface area contributed by atoms with E-state index in [2.05, 4.69) is 15.9 Å². The van der Waals surface area contributed by atoms with Crippen molar-refractivity contribution >= 4 is 33.8 Å². The maximum atomic E-state index is 10.7. The second-order valence-electron chi connectivity index (χ2n) is 2.90. The van der Waals surface area contributed by atoms with Gasteiger partial charge in [0.15, 0.2) is 0 Å². The molecule has 0 aliphatic carbocycles. The monoisotopic (exact) mass is 260 g/mol. The molecule has 1 nitrogen and oxygen atoms in total. The summed E-state index contributed by atoms with van der Waals surface area (Å²) in [6.07, 6.45) is 0.938. The molecule has 1 atom stereocenters. The molecule has 3 heteroatoms. The highest BCUT2D eigenvalue weighted by atomic mass is 79.9. The van der Waals surface area contributed by atoms with Crippen molar-refractivity contribution in [3.8, 4) is 0 Å². The predicted molar refractivity (Wildman–Crippen MR) is 58.8 cm³/mol. The van der Waals surface area contributed by atoms with E-state index in [9.17, 15) is 4.79 Å². The lowest BCUT2D eigenvalue weighted by Gasteiger charge is -2.10. The number of halogens is 2. The van der Waals surface area contributed by atoms with Crippen LogP contribution in [0.25, 0.3) is 0 Å². The molecule has 0 fully saturated rings. The zero-order valence-corrected chi connectivity index (χ0v) is 9.60. The molecule has 1 unspecified atom stereocenters. The standard InChI is InChI=1S/C10H10BrClO/c1-7-2-3-9(12)4-10(7)8(5-11)6-13/h2-4,6,8H,5H2,1H3. The summed E-state index contributed by atoms with van der Waals surface area (Å²) in [6.45, 7) is 1.98. The third-order valence-electron chi connectivity index (χ3n) is 1.97. The van der Waals surface area contributed by atoms with Crippen LogP contribution in [0.5, 0.6) is 0 Å². The molecular formula is C10H10BrClO. The lowest BCUT2D eigenvalue weighted by Crippen LogP contribution is -2.03. The van der Waals surface area contributed by atoms with Crippen molar-refractivity contribution in [1.82, 2.24) is 0 Å². The van der Waals surface area contributed by atoms with Gasteiger partial charge in [0.2, 0.25) is 0 Å². The highest BCUT2D eigenvalue weighted by Crippen LogP contribution is 2.23. The quantitative estimate of drug-likeness (QED) is 0.602. The summed E-state index contributed by atoms with van der Waals surface area (Å²) >= 11 is 9.14. The Hall–Kier alpha value is -0.340. The van der Waals surface area contributed by atoms with Crippen molar-refractivity contribution in [3.63, 3.8) is 0 Å². The van der Waals surface area contributed by atoms with E-state index in [1.165, 1.54) is 0 Å². The summed E-state index contributed by atoms with van der Waals surface area (Å²) in [5.41, 5.74) is 2.10. The molecule has 0 spiro atoms. The fourth-order valence-electron chi connectivity index (χ4n) is 1.20. The number of aldehydes is 1. The van der Waals surface area contributed by atoms with Crippen LogP contribution in [0, 0.1) is 6.92 Å². The Balaban J connectivity index is 3.10. The smallest absolute Gasteiger partial charge is 0.128 e. The molecule has 1 aromatic rings. The van der Waals surface area contributed by atoms with Crippen LogP contribution >= 0.6 is 27.5 Å². The zero-order chi connectivity index (χ0) is 9.84.